The summed E-state index contributed by atoms with van der Waals surface area (Å²) in [6.45, 7) is 2.19. The van der Waals surface area contributed by atoms with Gasteiger partial charge >= 0.3 is 0 Å². The molecule has 4 rings (SSSR count). The fourth-order valence-electron chi connectivity index (χ4n) is 3.40. The van der Waals surface area contributed by atoms with Gasteiger partial charge in [0.25, 0.3) is 0 Å². The molecular formula is C18H21ClFN3OS. The second-order valence-electron chi connectivity index (χ2n) is 6.24. The van der Waals surface area contributed by atoms with E-state index in [9.17, 15) is 4.39 Å². The van der Waals surface area contributed by atoms with Crippen LogP contribution in [0.15, 0.2) is 41.9 Å². The lowest BCUT2D eigenvalue weighted by Crippen LogP contribution is -2.38. The highest BCUT2D eigenvalue weighted by molar-refractivity contribution is 7.17. The Morgan fingerprint density at radius 2 is 1.92 bits per heavy atom. The molecule has 0 amide bonds. The zero-order valence-corrected chi connectivity index (χ0v) is 15.4. The van der Waals surface area contributed by atoms with Gasteiger partial charge in [0, 0.05) is 24.2 Å². The lowest BCUT2D eigenvalue weighted by atomic mass is 9.85. The van der Waals surface area contributed by atoms with Crippen molar-refractivity contribution < 1.29 is 9.87 Å². The van der Waals surface area contributed by atoms with Crippen LogP contribution in [0.25, 0.3) is 10.2 Å². The third-order valence-corrected chi connectivity index (χ3v) is 5.34. The van der Waals surface area contributed by atoms with Crippen LogP contribution < -0.4 is 5.32 Å². The SMILES string of the molecule is CC1CC(c2ncc3sccc3n2)CC(c2ccc(F)cc2)N1.Cl.O. The largest absolute Gasteiger partial charge is 0.412 e. The van der Waals surface area contributed by atoms with Gasteiger partial charge in [-0.2, -0.15) is 0 Å². The quantitative estimate of drug-likeness (QED) is 0.728. The van der Waals surface area contributed by atoms with Gasteiger partial charge < -0.3 is 10.8 Å². The van der Waals surface area contributed by atoms with Crippen molar-refractivity contribution in [1.29, 1.82) is 0 Å². The third-order valence-electron chi connectivity index (χ3n) is 4.50. The Balaban J connectivity index is 0.00000113. The monoisotopic (exact) mass is 381 g/mol. The summed E-state index contributed by atoms with van der Waals surface area (Å²) in [4.78, 5) is 9.34. The Bertz CT molecular complexity index is 827. The number of hydrogen-bond donors (Lipinski definition) is 1. The minimum Gasteiger partial charge on any atom is -0.412 e. The number of fused-ring (bicyclic) bond motifs is 1. The molecule has 0 spiro atoms. The van der Waals surface area contributed by atoms with E-state index in [1.165, 1.54) is 12.1 Å². The van der Waals surface area contributed by atoms with E-state index in [1.54, 1.807) is 11.3 Å². The molecule has 0 bridgehead atoms. The van der Waals surface area contributed by atoms with Crippen molar-refractivity contribution in [2.75, 3.05) is 0 Å². The zero-order valence-electron chi connectivity index (χ0n) is 13.8. The van der Waals surface area contributed by atoms with Crippen LogP contribution in [-0.4, -0.2) is 21.5 Å². The smallest absolute Gasteiger partial charge is 0.132 e. The lowest BCUT2D eigenvalue weighted by Gasteiger charge is -2.34. The van der Waals surface area contributed by atoms with Crippen molar-refractivity contribution in [2.24, 2.45) is 0 Å². The Kier molecular flexibility index (Phi) is 6.46. The normalized spacial score (nSPS) is 22.9. The summed E-state index contributed by atoms with van der Waals surface area (Å²) in [5.74, 6) is 1.06. The summed E-state index contributed by atoms with van der Waals surface area (Å²) >= 11 is 1.67. The molecule has 3 heterocycles. The van der Waals surface area contributed by atoms with Crippen molar-refractivity contribution in [1.82, 2.24) is 15.3 Å². The topological polar surface area (TPSA) is 69.3 Å². The average Bonchev–Trinajstić information content (AvgIpc) is 3.02. The first-order chi connectivity index (χ1) is 11.2. The second kappa shape index (κ2) is 8.19. The fraction of sp³-hybridized carbons (Fsp3) is 0.333. The molecule has 0 radical (unpaired) electrons. The molecule has 1 fully saturated rings. The predicted molar refractivity (Wildman–Crippen MR) is 102 cm³/mol. The summed E-state index contributed by atoms with van der Waals surface area (Å²) in [5.41, 5.74) is 2.16. The molecule has 0 saturated carbocycles. The number of piperidine rings is 1. The maximum absolute atomic E-state index is 13.2. The Morgan fingerprint density at radius 3 is 2.68 bits per heavy atom. The summed E-state index contributed by atoms with van der Waals surface area (Å²) in [6, 6.07) is 9.43. The van der Waals surface area contributed by atoms with Crippen LogP contribution in [-0.2, 0) is 0 Å². The first-order valence-electron chi connectivity index (χ1n) is 7.90. The number of nitrogens with zero attached hydrogens (tertiary/aromatic N) is 2. The second-order valence-corrected chi connectivity index (χ2v) is 7.19. The molecule has 3 N–H and O–H groups in total. The van der Waals surface area contributed by atoms with E-state index in [4.69, 9.17) is 4.98 Å². The molecule has 3 aromatic rings. The van der Waals surface area contributed by atoms with Crippen molar-refractivity contribution in [3.05, 3.63) is 59.1 Å². The minimum atomic E-state index is -0.194. The molecule has 1 saturated heterocycles. The van der Waals surface area contributed by atoms with Gasteiger partial charge in [-0.05, 0) is 48.9 Å². The van der Waals surface area contributed by atoms with Gasteiger partial charge in [-0.1, -0.05) is 12.1 Å². The van der Waals surface area contributed by atoms with E-state index in [1.807, 2.05) is 24.4 Å². The fourth-order valence-corrected chi connectivity index (χ4v) is 4.09. The lowest BCUT2D eigenvalue weighted by molar-refractivity contribution is 0.300. The van der Waals surface area contributed by atoms with Crippen LogP contribution in [0.3, 0.4) is 0 Å². The van der Waals surface area contributed by atoms with Crippen molar-refractivity contribution in [3.8, 4) is 0 Å². The summed E-state index contributed by atoms with van der Waals surface area (Å²) in [6.07, 6.45) is 3.89. The molecule has 2 aromatic heterocycles. The van der Waals surface area contributed by atoms with Crippen LogP contribution in [0, 0.1) is 5.82 Å². The molecule has 3 unspecified atom stereocenters. The minimum absolute atomic E-state index is 0. The van der Waals surface area contributed by atoms with Gasteiger partial charge in [0.05, 0.1) is 10.2 Å². The van der Waals surface area contributed by atoms with Crippen molar-refractivity contribution in [3.63, 3.8) is 0 Å². The van der Waals surface area contributed by atoms with E-state index in [2.05, 4.69) is 22.6 Å². The molecule has 7 heteroatoms. The highest BCUT2D eigenvalue weighted by Gasteiger charge is 2.29. The standard InChI is InChI=1S/C18H18FN3S.ClH.H2O/c1-11-8-13(18-20-10-17-15(22-18)6-7-23-17)9-16(21-11)12-2-4-14(19)5-3-12;;/h2-7,10-11,13,16,21H,8-9H2,1H3;1H;1H2. The molecule has 1 aliphatic heterocycles. The maximum atomic E-state index is 13.2. The summed E-state index contributed by atoms with van der Waals surface area (Å²) in [5, 5.41) is 5.66. The molecule has 25 heavy (non-hydrogen) atoms. The first-order valence-corrected chi connectivity index (χ1v) is 8.78. The number of aromatic nitrogens is 2. The highest BCUT2D eigenvalue weighted by Crippen LogP contribution is 2.35. The molecular weight excluding hydrogens is 361 g/mol. The van der Waals surface area contributed by atoms with Gasteiger partial charge in [0.1, 0.15) is 11.6 Å². The number of rotatable bonds is 2. The molecule has 134 valence electrons. The van der Waals surface area contributed by atoms with E-state index in [0.29, 0.717) is 12.0 Å². The Morgan fingerprint density at radius 1 is 1.16 bits per heavy atom. The maximum Gasteiger partial charge on any atom is 0.132 e. The summed E-state index contributed by atoms with van der Waals surface area (Å²) < 4.78 is 14.3. The van der Waals surface area contributed by atoms with E-state index < -0.39 is 0 Å². The number of hydrogen-bond acceptors (Lipinski definition) is 4. The van der Waals surface area contributed by atoms with Crippen molar-refractivity contribution in [2.45, 2.75) is 37.8 Å². The Labute approximate surface area is 156 Å². The molecule has 0 aliphatic carbocycles. The van der Waals surface area contributed by atoms with Gasteiger partial charge in [-0.3, -0.25) is 0 Å². The third kappa shape index (κ3) is 4.15. The highest BCUT2D eigenvalue weighted by atomic mass is 35.5. The van der Waals surface area contributed by atoms with Crippen molar-refractivity contribution >= 4 is 34.0 Å². The van der Waals surface area contributed by atoms with Crippen LogP contribution in [0.5, 0.6) is 0 Å². The van der Waals surface area contributed by atoms with E-state index in [-0.39, 0.29) is 29.7 Å². The van der Waals surface area contributed by atoms with Crippen LogP contribution >= 0.6 is 23.7 Å². The first kappa shape index (κ1) is 19.7. The van der Waals surface area contributed by atoms with Gasteiger partial charge in [-0.15, -0.1) is 23.7 Å². The number of nitrogens with one attached hydrogen (secondary N) is 1. The molecule has 4 nitrogen and oxygen atoms in total. The average molecular weight is 382 g/mol. The zero-order chi connectivity index (χ0) is 15.8. The number of benzene rings is 1. The predicted octanol–water partition coefficient (Wildman–Crippen LogP) is 4.02. The van der Waals surface area contributed by atoms with Crippen LogP contribution in [0.4, 0.5) is 4.39 Å². The molecule has 1 aromatic carbocycles. The Hall–Kier alpha value is -1.60. The summed E-state index contributed by atoms with van der Waals surface area (Å²) in [7, 11) is 0. The van der Waals surface area contributed by atoms with Gasteiger partial charge in [0.15, 0.2) is 0 Å². The number of halogens is 2. The number of thiophene rings is 1. The van der Waals surface area contributed by atoms with Crippen LogP contribution in [0.1, 0.15) is 43.1 Å². The van der Waals surface area contributed by atoms with Gasteiger partial charge in [0.2, 0.25) is 0 Å². The molecule has 1 aliphatic rings. The van der Waals surface area contributed by atoms with Gasteiger partial charge in [-0.25, -0.2) is 14.4 Å². The van der Waals surface area contributed by atoms with E-state index >= 15 is 0 Å². The van der Waals surface area contributed by atoms with E-state index in [0.717, 1.165) is 34.4 Å². The van der Waals surface area contributed by atoms with Crippen LogP contribution in [0.2, 0.25) is 0 Å². The molecule has 3 atom stereocenters.